The third-order valence-corrected chi connectivity index (χ3v) is 6.98. The highest BCUT2D eigenvalue weighted by Crippen LogP contribution is 2.35. The number of benzene rings is 2. The van der Waals surface area contributed by atoms with E-state index in [-0.39, 0.29) is 11.7 Å². The smallest absolute Gasteiger partial charge is 0.250 e. The zero-order valence-corrected chi connectivity index (χ0v) is 20.5. The van der Waals surface area contributed by atoms with Gasteiger partial charge in [0.1, 0.15) is 0 Å². The second-order valence-corrected chi connectivity index (χ2v) is 9.91. The summed E-state index contributed by atoms with van der Waals surface area (Å²) in [4.78, 5) is 12.3. The maximum atomic E-state index is 12.3. The van der Waals surface area contributed by atoms with Crippen molar-refractivity contribution in [2.24, 2.45) is 5.10 Å². The van der Waals surface area contributed by atoms with Gasteiger partial charge in [0.25, 0.3) is 5.91 Å². The maximum absolute atomic E-state index is 12.3. The molecule has 1 aliphatic carbocycles. The van der Waals surface area contributed by atoms with Crippen molar-refractivity contribution in [1.82, 2.24) is 20.2 Å². The van der Waals surface area contributed by atoms with E-state index in [2.05, 4.69) is 41.2 Å². The van der Waals surface area contributed by atoms with Crippen LogP contribution in [0.3, 0.4) is 0 Å². The van der Waals surface area contributed by atoms with Crippen LogP contribution in [0.25, 0.3) is 11.4 Å². The Hall–Kier alpha value is -2.16. The minimum absolute atomic E-state index is 0.188. The molecule has 1 saturated carbocycles. The number of aromatic nitrogens is 3. The highest BCUT2D eigenvalue weighted by Gasteiger charge is 2.24. The Bertz CT molecular complexity index is 1100. The average Bonchev–Trinajstić information content (AvgIpc) is 3.23. The fourth-order valence-electron chi connectivity index (χ4n) is 3.77. The van der Waals surface area contributed by atoms with Gasteiger partial charge in [-0.2, -0.15) is 5.10 Å². The number of carbonyl (C=O) groups is 1. The van der Waals surface area contributed by atoms with Crippen LogP contribution >= 0.6 is 39.3 Å². The molecule has 2 aromatic carbocycles. The number of thioether (sulfide) groups is 1. The summed E-state index contributed by atoms with van der Waals surface area (Å²) in [6.07, 6.45) is 7.45. The van der Waals surface area contributed by atoms with Gasteiger partial charge in [-0.25, -0.2) is 5.43 Å². The summed E-state index contributed by atoms with van der Waals surface area (Å²) in [5, 5.41) is 14.4. The number of hydrazone groups is 1. The molecule has 0 bridgehead atoms. The Morgan fingerprint density at radius 3 is 2.72 bits per heavy atom. The van der Waals surface area contributed by atoms with E-state index < -0.39 is 0 Å². The zero-order valence-electron chi connectivity index (χ0n) is 17.4. The first kappa shape index (κ1) is 23.0. The van der Waals surface area contributed by atoms with Crippen LogP contribution in [0.2, 0.25) is 5.02 Å². The number of hydrogen-bond acceptors (Lipinski definition) is 5. The summed E-state index contributed by atoms with van der Waals surface area (Å²) in [6, 6.07) is 15.7. The van der Waals surface area contributed by atoms with Crippen molar-refractivity contribution >= 4 is 51.4 Å². The molecule has 166 valence electrons. The van der Waals surface area contributed by atoms with E-state index in [1.807, 2.05) is 48.5 Å². The molecular formula is C23H23BrClN5OS. The standard InChI is InChI=1S/C23H23BrClN5OS/c24-18-6-4-5-16(13-18)14-26-27-21(31)15-32-23-29-28-22(17-9-11-19(25)12-10-17)30(23)20-7-2-1-3-8-20/h4-6,9-14,20H,1-3,7-8,15H2,(H,27,31)/b26-14+. The summed E-state index contributed by atoms with van der Waals surface area (Å²) in [5.41, 5.74) is 4.46. The quantitative estimate of drug-likeness (QED) is 0.226. The molecule has 3 aromatic rings. The Morgan fingerprint density at radius 1 is 1.19 bits per heavy atom. The van der Waals surface area contributed by atoms with E-state index in [4.69, 9.17) is 11.6 Å². The van der Waals surface area contributed by atoms with Gasteiger partial charge in [-0.05, 0) is 54.8 Å². The summed E-state index contributed by atoms with van der Waals surface area (Å²) in [7, 11) is 0. The number of nitrogens with one attached hydrogen (secondary N) is 1. The Morgan fingerprint density at radius 2 is 1.97 bits per heavy atom. The molecule has 1 aromatic heterocycles. The number of hydrogen-bond donors (Lipinski definition) is 1. The van der Waals surface area contributed by atoms with Crippen molar-refractivity contribution in [2.75, 3.05) is 5.75 Å². The lowest BCUT2D eigenvalue weighted by Crippen LogP contribution is -2.20. The van der Waals surface area contributed by atoms with E-state index >= 15 is 0 Å². The first-order valence-electron chi connectivity index (χ1n) is 10.5. The molecule has 0 atom stereocenters. The molecule has 0 unspecified atom stereocenters. The predicted molar refractivity (Wildman–Crippen MR) is 133 cm³/mol. The molecular weight excluding hydrogens is 510 g/mol. The minimum atomic E-state index is -0.188. The van der Waals surface area contributed by atoms with Gasteiger partial charge in [-0.15, -0.1) is 10.2 Å². The highest BCUT2D eigenvalue weighted by atomic mass is 79.9. The monoisotopic (exact) mass is 531 g/mol. The van der Waals surface area contributed by atoms with E-state index in [0.29, 0.717) is 11.1 Å². The highest BCUT2D eigenvalue weighted by molar-refractivity contribution is 9.10. The van der Waals surface area contributed by atoms with Gasteiger partial charge in [0.15, 0.2) is 11.0 Å². The van der Waals surface area contributed by atoms with Crippen molar-refractivity contribution in [1.29, 1.82) is 0 Å². The molecule has 1 amide bonds. The van der Waals surface area contributed by atoms with Crippen LogP contribution in [0.15, 0.2) is 63.3 Å². The van der Waals surface area contributed by atoms with Crippen LogP contribution in [0.5, 0.6) is 0 Å². The van der Waals surface area contributed by atoms with E-state index in [1.54, 1.807) is 6.21 Å². The normalized spacial score (nSPS) is 14.7. The predicted octanol–water partition coefficient (Wildman–Crippen LogP) is 6.11. The third-order valence-electron chi connectivity index (χ3n) is 5.29. The SMILES string of the molecule is O=C(CSc1nnc(-c2ccc(Cl)cc2)n1C1CCCCC1)N/N=C/c1cccc(Br)c1. The van der Waals surface area contributed by atoms with E-state index in [1.165, 1.54) is 31.0 Å². The molecule has 0 aliphatic heterocycles. The molecule has 0 saturated heterocycles. The molecule has 1 N–H and O–H groups in total. The Kier molecular flexibility index (Phi) is 8.00. The fraction of sp³-hybridized carbons (Fsp3) is 0.304. The molecule has 6 nitrogen and oxygen atoms in total. The fourth-order valence-corrected chi connectivity index (χ4v) is 5.11. The van der Waals surface area contributed by atoms with Gasteiger partial charge in [-0.1, -0.05) is 70.7 Å². The average molecular weight is 533 g/mol. The zero-order chi connectivity index (χ0) is 22.3. The topological polar surface area (TPSA) is 72.2 Å². The molecule has 0 radical (unpaired) electrons. The van der Waals surface area contributed by atoms with Crippen LogP contribution in [0, 0.1) is 0 Å². The van der Waals surface area contributed by atoms with Crippen LogP contribution < -0.4 is 5.43 Å². The lowest BCUT2D eigenvalue weighted by atomic mass is 9.95. The van der Waals surface area contributed by atoms with Crippen LogP contribution in [-0.2, 0) is 4.79 Å². The lowest BCUT2D eigenvalue weighted by molar-refractivity contribution is -0.118. The van der Waals surface area contributed by atoms with Gasteiger partial charge >= 0.3 is 0 Å². The Labute approximate surface area is 205 Å². The second-order valence-electron chi connectivity index (χ2n) is 7.61. The summed E-state index contributed by atoms with van der Waals surface area (Å²) in [6.45, 7) is 0. The molecule has 1 fully saturated rings. The first-order valence-corrected chi connectivity index (χ1v) is 12.7. The van der Waals surface area contributed by atoms with Gasteiger partial charge in [0.2, 0.25) is 0 Å². The molecule has 1 aliphatic rings. The molecule has 0 spiro atoms. The van der Waals surface area contributed by atoms with Crippen molar-refractivity contribution in [3.8, 4) is 11.4 Å². The Balaban J connectivity index is 1.45. The van der Waals surface area contributed by atoms with Crippen LogP contribution in [0.1, 0.15) is 43.7 Å². The van der Waals surface area contributed by atoms with E-state index in [9.17, 15) is 4.79 Å². The van der Waals surface area contributed by atoms with Crippen molar-refractivity contribution in [3.63, 3.8) is 0 Å². The molecule has 9 heteroatoms. The van der Waals surface area contributed by atoms with Gasteiger partial charge in [0.05, 0.1) is 12.0 Å². The summed E-state index contributed by atoms with van der Waals surface area (Å²) >= 11 is 10.9. The van der Waals surface area contributed by atoms with Crippen LogP contribution in [0.4, 0.5) is 0 Å². The molecule has 4 rings (SSSR count). The number of halogens is 2. The van der Waals surface area contributed by atoms with Crippen molar-refractivity contribution in [2.45, 2.75) is 43.3 Å². The maximum Gasteiger partial charge on any atom is 0.250 e. The number of carbonyl (C=O) groups excluding carboxylic acids is 1. The molecule has 32 heavy (non-hydrogen) atoms. The summed E-state index contributed by atoms with van der Waals surface area (Å²) in [5.74, 6) is 0.845. The van der Waals surface area contributed by atoms with Gasteiger partial charge < -0.3 is 0 Å². The van der Waals surface area contributed by atoms with E-state index in [0.717, 1.165) is 39.4 Å². The van der Waals surface area contributed by atoms with Gasteiger partial charge in [0, 0.05) is 21.1 Å². The third kappa shape index (κ3) is 5.99. The first-order chi connectivity index (χ1) is 15.6. The second kappa shape index (κ2) is 11.1. The van der Waals surface area contributed by atoms with Gasteiger partial charge in [-0.3, -0.25) is 9.36 Å². The summed E-state index contributed by atoms with van der Waals surface area (Å²) < 4.78 is 3.16. The van der Waals surface area contributed by atoms with Crippen LogP contribution in [-0.4, -0.2) is 32.6 Å². The number of rotatable bonds is 7. The largest absolute Gasteiger partial charge is 0.299 e. The number of amides is 1. The minimum Gasteiger partial charge on any atom is -0.299 e. The van der Waals surface area contributed by atoms with Crippen molar-refractivity contribution in [3.05, 3.63) is 63.6 Å². The molecule has 1 heterocycles. The van der Waals surface area contributed by atoms with Crippen molar-refractivity contribution < 1.29 is 4.79 Å². The lowest BCUT2D eigenvalue weighted by Gasteiger charge is -2.25. The number of nitrogens with zero attached hydrogens (tertiary/aromatic N) is 4.